The van der Waals surface area contributed by atoms with E-state index in [1.54, 1.807) is 11.8 Å². The molecular weight excluding hydrogens is 168 g/mol. The molecule has 1 atom stereocenters. The lowest BCUT2D eigenvalue weighted by Crippen LogP contribution is -2.21. The highest BCUT2D eigenvalue weighted by molar-refractivity contribution is 7.98. The molecule has 0 saturated carbocycles. The van der Waals surface area contributed by atoms with E-state index in [0.717, 1.165) is 5.56 Å². The topological polar surface area (TPSA) is 52.0 Å². The summed E-state index contributed by atoms with van der Waals surface area (Å²) in [5, 5.41) is 0. The van der Waals surface area contributed by atoms with Crippen molar-refractivity contribution in [1.29, 1.82) is 0 Å². The molecule has 0 amide bonds. The average molecular weight is 182 g/mol. The van der Waals surface area contributed by atoms with Gasteiger partial charge in [0, 0.05) is 17.5 Å². The Bertz CT molecular complexity index is 250. The molecule has 1 unspecified atom stereocenters. The van der Waals surface area contributed by atoms with E-state index in [-0.39, 0.29) is 6.04 Å². The Balaban J connectivity index is 2.96. The van der Waals surface area contributed by atoms with E-state index in [4.69, 9.17) is 11.5 Å². The van der Waals surface area contributed by atoms with Gasteiger partial charge in [0.05, 0.1) is 0 Å². The van der Waals surface area contributed by atoms with Gasteiger partial charge >= 0.3 is 0 Å². The van der Waals surface area contributed by atoms with Crippen molar-refractivity contribution in [1.82, 2.24) is 0 Å². The van der Waals surface area contributed by atoms with Crippen LogP contribution in [0.4, 0.5) is 0 Å². The van der Waals surface area contributed by atoms with Crippen LogP contribution in [0, 0.1) is 0 Å². The van der Waals surface area contributed by atoms with Crippen molar-refractivity contribution in [3.8, 4) is 0 Å². The molecule has 0 saturated heterocycles. The first-order valence-electron chi connectivity index (χ1n) is 3.88. The van der Waals surface area contributed by atoms with Crippen molar-refractivity contribution in [3.63, 3.8) is 0 Å². The van der Waals surface area contributed by atoms with E-state index in [1.807, 2.05) is 24.5 Å². The van der Waals surface area contributed by atoms with Gasteiger partial charge in [-0.05, 0) is 17.9 Å². The number of hydrogen-bond donors (Lipinski definition) is 2. The monoisotopic (exact) mass is 182 g/mol. The summed E-state index contributed by atoms with van der Waals surface area (Å²) in [4.78, 5) is 1.22. The molecule has 0 aliphatic rings. The van der Waals surface area contributed by atoms with Crippen LogP contribution >= 0.6 is 11.8 Å². The second-order valence-corrected chi connectivity index (χ2v) is 3.43. The van der Waals surface area contributed by atoms with Crippen LogP contribution in [0.25, 0.3) is 0 Å². The van der Waals surface area contributed by atoms with Gasteiger partial charge < -0.3 is 11.5 Å². The Labute approximate surface area is 77.3 Å². The second-order valence-electron chi connectivity index (χ2n) is 2.58. The Morgan fingerprint density at radius 3 is 2.67 bits per heavy atom. The lowest BCUT2D eigenvalue weighted by atomic mass is 10.1. The Kier molecular flexibility index (Phi) is 3.59. The first-order chi connectivity index (χ1) is 5.79. The minimum absolute atomic E-state index is 0.0337. The largest absolute Gasteiger partial charge is 0.329 e. The molecular formula is C9H14N2S. The zero-order valence-corrected chi connectivity index (χ0v) is 7.97. The molecule has 2 nitrogen and oxygen atoms in total. The maximum atomic E-state index is 5.83. The van der Waals surface area contributed by atoms with E-state index in [1.165, 1.54) is 4.90 Å². The molecule has 0 spiro atoms. The quantitative estimate of drug-likeness (QED) is 0.694. The van der Waals surface area contributed by atoms with Crippen LogP contribution in [0.3, 0.4) is 0 Å². The number of benzene rings is 1. The second kappa shape index (κ2) is 4.50. The molecule has 1 aromatic carbocycles. The van der Waals surface area contributed by atoms with Crippen molar-refractivity contribution in [2.75, 3.05) is 12.8 Å². The molecule has 4 N–H and O–H groups in total. The molecule has 1 rings (SSSR count). The molecule has 0 aromatic heterocycles. The van der Waals surface area contributed by atoms with E-state index in [0.29, 0.717) is 6.54 Å². The average Bonchev–Trinajstić information content (AvgIpc) is 2.16. The Hall–Kier alpha value is -0.510. The number of nitrogens with two attached hydrogens (primary N) is 2. The highest BCUT2D eigenvalue weighted by Crippen LogP contribution is 2.23. The normalized spacial score (nSPS) is 12.9. The fourth-order valence-corrected chi connectivity index (χ4v) is 1.77. The highest BCUT2D eigenvalue weighted by atomic mass is 32.2. The lowest BCUT2D eigenvalue weighted by Gasteiger charge is -2.12. The van der Waals surface area contributed by atoms with Gasteiger partial charge in [-0.2, -0.15) is 0 Å². The van der Waals surface area contributed by atoms with E-state index in [2.05, 4.69) is 6.07 Å². The zero-order chi connectivity index (χ0) is 8.97. The lowest BCUT2D eigenvalue weighted by molar-refractivity contribution is 0.723. The van der Waals surface area contributed by atoms with Gasteiger partial charge in [-0.15, -0.1) is 11.8 Å². The summed E-state index contributed by atoms with van der Waals surface area (Å²) in [6.45, 7) is 0.498. The van der Waals surface area contributed by atoms with Gasteiger partial charge in [0.25, 0.3) is 0 Å². The van der Waals surface area contributed by atoms with Gasteiger partial charge in [0.1, 0.15) is 0 Å². The fourth-order valence-electron chi connectivity index (χ4n) is 1.10. The van der Waals surface area contributed by atoms with Crippen LogP contribution in [0.1, 0.15) is 11.6 Å². The molecule has 1 aromatic rings. The molecule has 12 heavy (non-hydrogen) atoms. The van der Waals surface area contributed by atoms with Crippen LogP contribution < -0.4 is 11.5 Å². The van der Waals surface area contributed by atoms with Crippen LogP contribution in [0.15, 0.2) is 29.2 Å². The number of rotatable bonds is 3. The van der Waals surface area contributed by atoms with Gasteiger partial charge in [-0.25, -0.2) is 0 Å². The summed E-state index contributed by atoms with van der Waals surface area (Å²) < 4.78 is 0. The SMILES string of the molecule is CSc1ccccc1C(N)CN. The Morgan fingerprint density at radius 2 is 2.08 bits per heavy atom. The first kappa shape index (κ1) is 9.58. The van der Waals surface area contributed by atoms with E-state index < -0.39 is 0 Å². The molecule has 0 aliphatic heterocycles. The molecule has 0 bridgehead atoms. The summed E-state index contributed by atoms with van der Waals surface area (Å²) in [5.74, 6) is 0. The van der Waals surface area contributed by atoms with Gasteiger partial charge in [-0.1, -0.05) is 18.2 Å². The summed E-state index contributed by atoms with van der Waals surface area (Å²) in [6, 6.07) is 8.07. The van der Waals surface area contributed by atoms with E-state index in [9.17, 15) is 0 Å². The standard InChI is InChI=1S/C9H14N2S/c1-12-9-5-3-2-4-7(9)8(11)6-10/h2-5,8H,6,10-11H2,1H3. The minimum Gasteiger partial charge on any atom is -0.329 e. The summed E-state index contributed by atoms with van der Waals surface area (Å²) in [7, 11) is 0. The first-order valence-corrected chi connectivity index (χ1v) is 5.10. The van der Waals surface area contributed by atoms with Crippen molar-refractivity contribution in [2.24, 2.45) is 11.5 Å². The maximum Gasteiger partial charge on any atom is 0.0430 e. The van der Waals surface area contributed by atoms with Crippen LogP contribution in [-0.2, 0) is 0 Å². The van der Waals surface area contributed by atoms with Crippen LogP contribution in [-0.4, -0.2) is 12.8 Å². The predicted molar refractivity (Wildman–Crippen MR) is 54.2 cm³/mol. The minimum atomic E-state index is -0.0337. The summed E-state index contributed by atoms with van der Waals surface area (Å²) in [5.41, 5.74) is 12.5. The third-order valence-electron chi connectivity index (χ3n) is 1.79. The van der Waals surface area contributed by atoms with Gasteiger partial charge in [0.15, 0.2) is 0 Å². The van der Waals surface area contributed by atoms with Crippen LogP contribution in [0.5, 0.6) is 0 Å². The molecule has 0 heterocycles. The molecule has 3 heteroatoms. The van der Waals surface area contributed by atoms with Gasteiger partial charge in [-0.3, -0.25) is 0 Å². The highest BCUT2D eigenvalue weighted by Gasteiger charge is 2.06. The number of thioether (sulfide) groups is 1. The fraction of sp³-hybridized carbons (Fsp3) is 0.333. The molecule has 0 radical (unpaired) electrons. The number of hydrogen-bond acceptors (Lipinski definition) is 3. The molecule has 66 valence electrons. The summed E-state index contributed by atoms with van der Waals surface area (Å²) in [6.07, 6.45) is 2.04. The van der Waals surface area contributed by atoms with Crippen molar-refractivity contribution in [3.05, 3.63) is 29.8 Å². The van der Waals surface area contributed by atoms with Crippen molar-refractivity contribution >= 4 is 11.8 Å². The van der Waals surface area contributed by atoms with Crippen molar-refractivity contribution < 1.29 is 0 Å². The zero-order valence-electron chi connectivity index (χ0n) is 7.16. The predicted octanol–water partition coefficient (Wildman–Crippen LogP) is 1.37. The van der Waals surface area contributed by atoms with Crippen molar-refractivity contribution in [2.45, 2.75) is 10.9 Å². The molecule has 0 aliphatic carbocycles. The molecule has 0 fully saturated rings. The van der Waals surface area contributed by atoms with E-state index >= 15 is 0 Å². The summed E-state index contributed by atoms with van der Waals surface area (Å²) >= 11 is 1.70. The Morgan fingerprint density at radius 1 is 1.42 bits per heavy atom. The van der Waals surface area contributed by atoms with Gasteiger partial charge in [0.2, 0.25) is 0 Å². The third kappa shape index (κ3) is 2.00. The maximum absolute atomic E-state index is 5.83. The smallest absolute Gasteiger partial charge is 0.0430 e. The van der Waals surface area contributed by atoms with Crippen LogP contribution in [0.2, 0.25) is 0 Å². The third-order valence-corrected chi connectivity index (χ3v) is 2.60.